The van der Waals surface area contributed by atoms with E-state index in [-0.39, 0.29) is 18.7 Å². The lowest BCUT2D eigenvalue weighted by Crippen LogP contribution is -2.24. The molecule has 0 radical (unpaired) electrons. The standard InChI is InChI=1S/C27H19F3N4O3S/c28-27(29,30)21-7-3-17(4-8-21)14-34-24-22(11-20(12-23(24)32-33-34)19-9-10-38-15-19)25(35)31-13-16-1-5-18(6-2-16)26(36)37/h1-12,15H,13-14H2,(H,31,35)(H,36,37). The number of alkyl halides is 3. The third-order valence-electron chi connectivity index (χ3n) is 5.98. The molecule has 5 aromatic rings. The molecule has 2 aromatic heterocycles. The first-order valence-electron chi connectivity index (χ1n) is 11.4. The SMILES string of the molecule is O=C(O)c1ccc(CNC(=O)c2cc(-c3ccsc3)cc3nnn(Cc4ccc(C(F)(F)F)cc4)c23)cc1. The molecule has 5 rings (SSSR count). The molecule has 0 fully saturated rings. The van der Waals surface area contributed by atoms with Crippen LogP contribution in [0.5, 0.6) is 0 Å². The van der Waals surface area contributed by atoms with Crippen LogP contribution in [-0.4, -0.2) is 32.0 Å². The van der Waals surface area contributed by atoms with Crippen molar-refractivity contribution in [3.63, 3.8) is 0 Å². The summed E-state index contributed by atoms with van der Waals surface area (Å²) in [7, 11) is 0. The van der Waals surface area contributed by atoms with Gasteiger partial charge in [-0.05, 0) is 75.5 Å². The first kappa shape index (κ1) is 25.2. The first-order valence-corrected chi connectivity index (χ1v) is 12.3. The van der Waals surface area contributed by atoms with Gasteiger partial charge in [0, 0.05) is 6.54 Å². The van der Waals surface area contributed by atoms with E-state index in [1.165, 1.54) is 40.3 Å². The highest BCUT2D eigenvalue weighted by molar-refractivity contribution is 7.08. The van der Waals surface area contributed by atoms with Crippen LogP contribution in [-0.2, 0) is 19.3 Å². The molecule has 0 unspecified atom stereocenters. The van der Waals surface area contributed by atoms with Gasteiger partial charge in [-0.15, -0.1) is 5.10 Å². The number of nitrogens with zero attached hydrogens (tertiary/aromatic N) is 3. The highest BCUT2D eigenvalue weighted by atomic mass is 32.1. The van der Waals surface area contributed by atoms with Crippen LogP contribution < -0.4 is 5.32 Å². The zero-order valence-corrected chi connectivity index (χ0v) is 20.4. The Morgan fingerprint density at radius 2 is 1.66 bits per heavy atom. The summed E-state index contributed by atoms with van der Waals surface area (Å²) in [4.78, 5) is 24.5. The lowest BCUT2D eigenvalue weighted by molar-refractivity contribution is -0.137. The summed E-state index contributed by atoms with van der Waals surface area (Å²) in [5.74, 6) is -1.44. The highest BCUT2D eigenvalue weighted by Gasteiger charge is 2.30. The van der Waals surface area contributed by atoms with E-state index in [9.17, 15) is 22.8 Å². The maximum atomic E-state index is 13.4. The number of hydrogen-bond acceptors (Lipinski definition) is 5. The van der Waals surface area contributed by atoms with Gasteiger partial charge in [-0.1, -0.05) is 29.5 Å². The van der Waals surface area contributed by atoms with E-state index in [2.05, 4.69) is 15.6 Å². The number of amides is 1. The number of carboxylic acid groups (broad SMARTS) is 1. The van der Waals surface area contributed by atoms with E-state index in [0.29, 0.717) is 27.7 Å². The Labute approximate surface area is 218 Å². The van der Waals surface area contributed by atoms with Crippen molar-refractivity contribution in [1.82, 2.24) is 20.3 Å². The van der Waals surface area contributed by atoms with Gasteiger partial charge >= 0.3 is 12.1 Å². The molecule has 11 heteroatoms. The summed E-state index contributed by atoms with van der Waals surface area (Å²) < 4.78 is 40.4. The normalized spacial score (nSPS) is 11.6. The molecule has 0 saturated heterocycles. The van der Waals surface area contributed by atoms with E-state index in [4.69, 9.17) is 5.11 Å². The van der Waals surface area contributed by atoms with Crippen molar-refractivity contribution in [2.45, 2.75) is 19.3 Å². The van der Waals surface area contributed by atoms with Gasteiger partial charge in [-0.2, -0.15) is 24.5 Å². The Kier molecular flexibility index (Phi) is 6.68. The van der Waals surface area contributed by atoms with E-state index >= 15 is 0 Å². The Morgan fingerprint density at radius 3 is 2.29 bits per heavy atom. The molecule has 2 N–H and O–H groups in total. The topological polar surface area (TPSA) is 97.1 Å². The number of carbonyl (C=O) groups is 2. The molecule has 1 amide bonds. The van der Waals surface area contributed by atoms with Crippen molar-refractivity contribution in [3.05, 3.63) is 105 Å². The third kappa shape index (κ3) is 5.28. The van der Waals surface area contributed by atoms with Crippen LogP contribution in [0.3, 0.4) is 0 Å². The fraction of sp³-hybridized carbons (Fsp3) is 0.111. The predicted molar refractivity (Wildman–Crippen MR) is 136 cm³/mol. The molecular formula is C27H19F3N4O3S. The fourth-order valence-electron chi connectivity index (χ4n) is 4.01. The van der Waals surface area contributed by atoms with Gasteiger partial charge in [0.25, 0.3) is 5.91 Å². The molecule has 38 heavy (non-hydrogen) atoms. The molecule has 0 atom stereocenters. The largest absolute Gasteiger partial charge is 0.478 e. The molecular weight excluding hydrogens is 517 g/mol. The molecule has 0 bridgehead atoms. The maximum Gasteiger partial charge on any atom is 0.416 e. The van der Waals surface area contributed by atoms with Crippen LogP contribution in [0.15, 0.2) is 77.5 Å². The van der Waals surface area contributed by atoms with Crippen LogP contribution in [0.1, 0.15) is 37.4 Å². The summed E-state index contributed by atoms with van der Waals surface area (Å²) in [6.07, 6.45) is -4.43. The fourth-order valence-corrected chi connectivity index (χ4v) is 4.67. The number of aromatic nitrogens is 3. The van der Waals surface area contributed by atoms with Crippen molar-refractivity contribution >= 4 is 34.2 Å². The number of benzene rings is 3. The molecule has 0 saturated carbocycles. The number of thiophene rings is 1. The quantitative estimate of drug-likeness (QED) is 0.272. The minimum Gasteiger partial charge on any atom is -0.478 e. The van der Waals surface area contributed by atoms with Gasteiger partial charge in [0.2, 0.25) is 0 Å². The van der Waals surface area contributed by atoms with Gasteiger partial charge in [0.1, 0.15) is 11.0 Å². The Balaban J connectivity index is 1.47. The number of carbonyl (C=O) groups excluding carboxylic acids is 1. The molecule has 3 aromatic carbocycles. The van der Waals surface area contributed by atoms with Crippen LogP contribution in [0.4, 0.5) is 13.2 Å². The second-order valence-electron chi connectivity index (χ2n) is 8.53. The van der Waals surface area contributed by atoms with E-state index in [1.54, 1.807) is 18.2 Å². The van der Waals surface area contributed by atoms with Crippen LogP contribution >= 0.6 is 11.3 Å². The highest BCUT2D eigenvalue weighted by Crippen LogP contribution is 2.31. The number of aromatic carboxylic acids is 1. The summed E-state index contributed by atoms with van der Waals surface area (Å²) >= 11 is 1.51. The summed E-state index contributed by atoms with van der Waals surface area (Å²) in [6.45, 7) is 0.271. The predicted octanol–water partition coefficient (Wildman–Crippen LogP) is 5.86. The summed E-state index contributed by atoms with van der Waals surface area (Å²) in [5.41, 5.74) is 3.58. The first-order chi connectivity index (χ1) is 18.2. The molecule has 7 nitrogen and oxygen atoms in total. The molecule has 0 aliphatic heterocycles. The van der Waals surface area contributed by atoms with Crippen molar-refractivity contribution in [1.29, 1.82) is 0 Å². The van der Waals surface area contributed by atoms with Gasteiger partial charge < -0.3 is 10.4 Å². The zero-order chi connectivity index (χ0) is 26.9. The average molecular weight is 537 g/mol. The van der Waals surface area contributed by atoms with Crippen LogP contribution in [0.2, 0.25) is 0 Å². The van der Waals surface area contributed by atoms with Gasteiger partial charge in [0.05, 0.1) is 23.2 Å². The minimum atomic E-state index is -4.43. The maximum absolute atomic E-state index is 13.4. The summed E-state index contributed by atoms with van der Waals surface area (Å²) in [6, 6.07) is 16.4. The number of carboxylic acids is 1. The van der Waals surface area contributed by atoms with E-state index < -0.39 is 23.6 Å². The van der Waals surface area contributed by atoms with Crippen LogP contribution in [0, 0.1) is 0 Å². The second-order valence-corrected chi connectivity index (χ2v) is 9.31. The Hall–Kier alpha value is -4.51. The monoisotopic (exact) mass is 536 g/mol. The molecule has 2 heterocycles. The Morgan fingerprint density at radius 1 is 0.947 bits per heavy atom. The lowest BCUT2D eigenvalue weighted by atomic mass is 10.0. The number of nitrogens with one attached hydrogen (secondary N) is 1. The van der Waals surface area contributed by atoms with Crippen molar-refractivity contribution in [2.75, 3.05) is 0 Å². The number of halogens is 3. The van der Waals surface area contributed by atoms with Gasteiger partial charge in [-0.3, -0.25) is 4.79 Å². The van der Waals surface area contributed by atoms with Crippen molar-refractivity contribution < 1.29 is 27.9 Å². The lowest BCUT2D eigenvalue weighted by Gasteiger charge is -2.11. The van der Waals surface area contributed by atoms with Crippen molar-refractivity contribution in [3.8, 4) is 11.1 Å². The van der Waals surface area contributed by atoms with E-state index in [1.807, 2.05) is 22.9 Å². The number of fused-ring (bicyclic) bond motifs is 1. The third-order valence-corrected chi connectivity index (χ3v) is 6.66. The molecule has 0 spiro atoms. The van der Waals surface area contributed by atoms with Crippen LogP contribution in [0.25, 0.3) is 22.2 Å². The van der Waals surface area contributed by atoms with E-state index in [0.717, 1.165) is 23.3 Å². The van der Waals surface area contributed by atoms with Gasteiger partial charge in [0.15, 0.2) is 0 Å². The Bertz CT molecular complexity index is 1610. The smallest absolute Gasteiger partial charge is 0.416 e. The number of rotatable bonds is 7. The second kappa shape index (κ2) is 10.1. The zero-order valence-electron chi connectivity index (χ0n) is 19.6. The molecule has 0 aliphatic carbocycles. The van der Waals surface area contributed by atoms with Crippen molar-refractivity contribution in [2.24, 2.45) is 0 Å². The molecule has 192 valence electrons. The number of hydrogen-bond donors (Lipinski definition) is 2. The molecule has 0 aliphatic rings. The average Bonchev–Trinajstić information content (AvgIpc) is 3.57. The van der Waals surface area contributed by atoms with Gasteiger partial charge in [-0.25, -0.2) is 9.48 Å². The minimum absolute atomic E-state index is 0.114. The summed E-state index contributed by atoms with van der Waals surface area (Å²) in [5, 5.41) is 24.2.